The standard InChI is InChI=1S/C22H25N3O3/c1-15-5-4-12-25-13-17(23-21(15)25)14-28-20-7-3-2-6-19(20)22(27)24-16-8-10-18(26)11-9-16/h2-7,12-13,16,18,26H,8-11,14H2,1H3,(H,24,27). The number of fused-ring (bicyclic) bond motifs is 1. The van der Waals surface area contributed by atoms with Gasteiger partial charge in [-0.1, -0.05) is 18.2 Å². The summed E-state index contributed by atoms with van der Waals surface area (Å²) < 4.78 is 7.92. The third-order valence-corrected chi connectivity index (χ3v) is 5.27. The van der Waals surface area contributed by atoms with E-state index in [1.807, 2.05) is 48.0 Å². The molecule has 0 spiro atoms. The van der Waals surface area contributed by atoms with Crippen LogP contribution < -0.4 is 10.1 Å². The van der Waals surface area contributed by atoms with Gasteiger partial charge in [0, 0.05) is 18.4 Å². The molecule has 0 unspecified atom stereocenters. The summed E-state index contributed by atoms with van der Waals surface area (Å²) in [5, 5.41) is 12.7. The first-order valence-electron chi connectivity index (χ1n) is 9.74. The molecule has 1 amide bonds. The number of carbonyl (C=O) groups excluding carboxylic acids is 1. The van der Waals surface area contributed by atoms with Gasteiger partial charge in [-0.15, -0.1) is 0 Å². The van der Waals surface area contributed by atoms with Crippen molar-refractivity contribution in [2.45, 2.75) is 51.4 Å². The average molecular weight is 379 g/mol. The van der Waals surface area contributed by atoms with Crippen molar-refractivity contribution in [2.75, 3.05) is 0 Å². The number of nitrogens with zero attached hydrogens (tertiary/aromatic N) is 2. The zero-order valence-corrected chi connectivity index (χ0v) is 16.0. The molecule has 0 saturated heterocycles. The van der Waals surface area contributed by atoms with Crippen LogP contribution in [0.4, 0.5) is 0 Å². The molecule has 28 heavy (non-hydrogen) atoms. The molecular formula is C22H25N3O3. The zero-order valence-electron chi connectivity index (χ0n) is 16.0. The Bertz CT molecular complexity index is 974. The van der Waals surface area contributed by atoms with Crippen LogP contribution in [-0.4, -0.2) is 32.5 Å². The SMILES string of the molecule is Cc1cccn2cc(COc3ccccc3C(=O)NC3CCC(O)CC3)nc12. The van der Waals surface area contributed by atoms with E-state index >= 15 is 0 Å². The summed E-state index contributed by atoms with van der Waals surface area (Å²) in [4.78, 5) is 17.4. The number of hydrogen-bond donors (Lipinski definition) is 2. The number of imidazole rings is 1. The predicted octanol–water partition coefficient (Wildman–Crippen LogP) is 3.26. The van der Waals surface area contributed by atoms with Gasteiger partial charge >= 0.3 is 0 Å². The molecule has 1 aromatic carbocycles. The van der Waals surface area contributed by atoms with Crippen LogP contribution in [0.25, 0.3) is 5.65 Å². The quantitative estimate of drug-likeness (QED) is 0.713. The smallest absolute Gasteiger partial charge is 0.255 e. The molecule has 146 valence electrons. The monoisotopic (exact) mass is 379 g/mol. The minimum Gasteiger partial charge on any atom is -0.486 e. The summed E-state index contributed by atoms with van der Waals surface area (Å²) in [6.07, 6.45) is 6.73. The van der Waals surface area contributed by atoms with E-state index in [-0.39, 0.29) is 18.1 Å². The largest absolute Gasteiger partial charge is 0.486 e. The Balaban J connectivity index is 1.45. The van der Waals surface area contributed by atoms with Gasteiger partial charge in [-0.2, -0.15) is 0 Å². The first kappa shape index (κ1) is 18.5. The molecule has 1 saturated carbocycles. The molecule has 4 rings (SSSR count). The summed E-state index contributed by atoms with van der Waals surface area (Å²) >= 11 is 0. The van der Waals surface area contributed by atoms with E-state index in [1.165, 1.54) is 0 Å². The number of rotatable bonds is 5. The number of benzene rings is 1. The van der Waals surface area contributed by atoms with Crippen molar-refractivity contribution >= 4 is 11.6 Å². The number of nitrogens with one attached hydrogen (secondary N) is 1. The second-order valence-corrected chi connectivity index (χ2v) is 7.42. The van der Waals surface area contributed by atoms with E-state index in [0.29, 0.717) is 17.9 Å². The van der Waals surface area contributed by atoms with Crippen molar-refractivity contribution in [3.05, 3.63) is 65.6 Å². The van der Waals surface area contributed by atoms with Crippen molar-refractivity contribution in [1.29, 1.82) is 0 Å². The molecule has 1 fully saturated rings. The van der Waals surface area contributed by atoms with E-state index in [2.05, 4.69) is 10.3 Å². The van der Waals surface area contributed by atoms with Crippen molar-refractivity contribution in [2.24, 2.45) is 0 Å². The second-order valence-electron chi connectivity index (χ2n) is 7.42. The highest BCUT2D eigenvalue weighted by Gasteiger charge is 2.22. The average Bonchev–Trinajstić information content (AvgIpc) is 3.13. The maximum Gasteiger partial charge on any atom is 0.255 e. The van der Waals surface area contributed by atoms with E-state index in [4.69, 9.17) is 4.74 Å². The Morgan fingerprint density at radius 2 is 2.00 bits per heavy atom. The fourth-order valence-corrected chi connectivity index (χ4v) is 3.69. The number of ether oxygens (including phenoxy) is 1. The molecule has 0 atom stereocenters. The minimum absolute atomic E-state index is 0.102. The third kappa shape index (κ3) is 4.02. The first-order chi connectivity index (χ1) is 13.6. The second kappa shape index (κ2) is 8.02. The van der Waals surface area contributed by atoms with E-state index in [9.17, 15) is 9.90 Å². The molecule has 3 aromatic rings. The highest BCUT2D eigenvalue weighted by Crippen LogP contribution is 2.22. The lowest BCUT2D eigenvalue weighted by Gasteiger charge is -2.26. The molecule has 2 heterocycles. The Morgan fingerprint density at radius 1 is 1.21 bits per heavy atom. The van der Waals surface area contributed by atoms with Crippen molar-refractivity contribution in [3.63, 3.8) is 0 Å². The number of amides is 1. The van der Waals surface area contributed by atoms with E-state index < -0.39 is 0 Å². The fourth-order valence-electron chi connectivity index (χ4n) is 3.69. The number of aliphatic hydroxyl groups is 1. The summed E-state index contributed by atoms with van der Waals surface area (Å²) in [7, 11) is 0. The maximum atomic E-state index is 12.7. The predicted molar refractivity (Wildman–Crippen MR) is 106 cm³/mol. The van der Waals surface area contributed by atoms with E-state index in [0.717, 1.165) is 42.6 Å². The zero-order chi connectivity index (χ0) is 19.5. The van der Waals surface area contributed by atoms with Gasteiger partial charge in [0.1, 0.15) is 18.0 Å². The molecule has 1 aliphatic rings. The number of carbonyl (C=O) groups is 1. The van der Waals surface area contributed by atoms with Crippen LogP contribution >= 0.6 is 0 Å². The van der Waals surface area contributed by atoms with E-state index in [1.54, 1.807) is 12.1 Å². The van der Waals surface area contributed by atoms with Crippen LogP contribution in [0, 0.1) is 6.92 Å². The molecular weight excluding hydrogens is 354 g/mol. The summed E-state index contributed by atoms with van der Waals surface area (Å²) in [5.41, 5.74) is 3.34. The number of aryl methyl sites for hydroxylation is 1. The van der Waals surface area contributed by atoms with Gasteiger partial charge in [-0.25, -0.2) is 4.98 Å². The highest BCUT2D eigenvalue weighted by atomic mass is 16.5. The van der Waals surface area contributed by atoms with Crippen LogP contribution in [0.5, 0.6) is 5.75 Å². The van der Waals surface area contributed by atoms with Gasteiger partial charge in [0.15, 0.2) is 0 Å². The molecule has 6 nitrogen and oxygen atoms in total. The lowest BCUT2D eigenvalue weighted by atomic mass is 9.93. The van der Waals surface area contributed by atoms with Gasteiger partial charge in [0.25, 0.3) is 5.91 Å². The van der Waals surface area contributed by atoms with Gasteiger partial charge in [-0.05, 0) is 56.4 Å². The van der Waals surface area contributed by atoms with Crippen LogP contribution in [0.3, 0.4) is 0 Å². The summed E-state index contributed by atoms with van der Waals surface area (Å²) in [6, 6.07) is 11.4. The van der Waals surface area contributed by atoms with Crippen LogP contribution in [0.15, 0.2) is 48.8 Å². The lowest BCUT2D eigenvalue weighted by Crippen LogP contribution is -2.38. The van der Waals surface area contributed by atoms with Crippen molar-refractivity contribution in [1.82, 2.24) is 14.7 Å². The molecule has 0 bridgehead atoms. The number of hydrogen-bond acceptors (Lipinski definition) is 4. The minimum atomic E-state index is -0.238. The highest BCUT2D eigenvalue weighted by molar-refractivity contribution is 5.97. The van der Waals surface area contributed by atoms with Crippen molar-refractivity contribution < 1.29 is 14.6 Å². The lowest BCUT2D eigenvalue weighted by molar-refractivity contribution is 0.0863. The Morgan fingerprint density at radius 3 is 2.79 bits per heavy atom. The Kier molecular flexibility index (Phi) is 5.30. The topological polar surface area (TPSA) is 75.9 Å². The van der Waals surface area contributed by atoms with Gasteiger partial charge < -0.3 is 19.6 Å². The number of pyridine rings is 1. The molecule has 2 aromatic heterocycles. The molecule has 0 radical (unpaired) electrons. The fraction of sp³-hybridized carbons (Fsp3) is 0.364. The molecule has 1 aliphatic carbocycles. The first-order valence-corrected chi connectivity index (χ1v) is 9.74. The van der Waals surface area contributed by atoms with Crippen LogP contribution in [0.1, 0.15) is 47.3 Å². The van der Waals surface area contributed by atoms with Crippen LogP contribution in [-0.2, 0) is 6.61 Å². The summed E-state index contributed by atoms with van der Waals surface area (Å²) in [5.74, 6) is 0.410. The number of aliphatic hydroxyl groups excluding tert-OH is 1. The van der Waals surface area contributed by atoms with Gasteiger partial charge in [0.05, 0.1) is 17.4 Å². The number of aromatic nitrogens is 2. The van der Waals surface area contributed by atoms with Crippen LogP contribution in [0.2, 0.25) is 0 Å². The third-order valence-electron chi connectivity index (χ3n) is 5.27. The molecule has 0 aliphatic heterocycles. The normalized spacial score (nSPS) is 19.5. The molecule has 6 heteroatoms. The maximum absolute atomic E-state index is 12.7. The van der Waals surface area contributed by atoms with Crippen molar-refractivity contribution in [3.8, 4) is 5.75 Å². The van der Waals surface area contributed by atoms with Gasteiger partial charge in [-0.3, -0.25) is 4.79 Å². The Hall–Kier alpha value is -2.86. The molecule has 2 N–H and O–H groups in total. The van der Waals surface area contributed by atoms with Gasteiger partial charge in [0.2, 0.25) is 0 Å². The summed E-state index contributed by atoms with van der Waals surface area (Å²) in [6.45, 7) is 2.32. The number of para-hydroxylation sites is 1. The Labute approximate surface area is 164 Å².